The van der Waals surface area contributed by atoms with Gasteiger partial charge in [-0.2, -0.15) is 0 Å². The van der Waals surface area contributed by atoms with Crippen LogP contribution in [0.1, 0.15) is 32.8 Å². The van der Waals surface area contributed by atoms with Gasteiger partial charge in [-0.25, -0.2) is 4.98 Å². The molecular formula is C13H21ClN2O. The smallest absolute Gasteiger partial charge is 0.128 e. The van der Waals surface area contributed by atoms with E-state index >= 15 is 0 Å². The first-order valence-electron chi connectivity index (χ1n) is 6.12. The van der Waals surface area contributed by atoms with Gasteiger partial charge in [0.15, 0.2) is 0 Å². The van der Waals surface area contributed by atoms with Gasteiger partial charge in [0.2, 0.25) is 0 Å². The third kappa shape index (κ3) is 3.86. The predicted octanol–water partition coefficient (Wildman–Crippen LogP) is 3.10. The SMILES string of the molecule is CCC(C)CN(CC)c1cc(CO)c(Cl)cn1. The molecular weight excluding hydrogens is 236 g/mol. The summed E-state index contributed by atoms with van der Waals surface area (Å²) < 4.78 is 0. The zero-order valence-corrected chi connectivity index (χ0v) is 11.5. The van der Waals surface area contributed by atoms with Crippen LogP contribution in [0.5, 0.6) is 0 Å². The highest BCUT2D eigenvalue weighted by Gasteiger charge is 2.11. The zero-order chi connectivity index (χ0) is 12.8. The Balaban J connectivity index is 2.88. The lowest BCUT2D eigenvalue weighted by molar-refractivity contribution is 0.282. The molecule has 1 N–H and O–H groups in total. The molecule has 4 heteroatoms. The van der Waals surface area contributed by atoms with Crippen LogP contribution in [0.25, 0.3) is 0 Å². The number of anilines is 1. The van der Waals surface area contributed by atoms with Crippen molar-refractivity contribution in [3.63, 3.8) is 0 Å². The first-order valence-corrected chi connectivity index (χ1v) is 6.50. The molecule has 1 atom stereocenters. The summed E-state index contributed by atoms with van der Waals surface area (Å²) in [7, 11) is 0. The molecule has 0 fully saturated rings. The van der Waals surface area contributed by atoms with Gasteiger partial charge in [-0.1, -0.05) is 31.9 Å². The number of aromatic nitrogens is 1. The minimum Gasteiger partial charge on any atom is -0.392 e. The van der Waals surface area contributed by atoms with E-state index in [1.54, 1.807) is 6.20 Å². The maximum absolute atomic E-state index is 9.19. The molecule has 1 aromatic heterocycles. The number of nitrogens with zero attached hydrogens (tertiary/aromatic N) is 2. The first kappa shape index (κ1) is 14.3. The maximum atomic E-state index is 9.19. The molecule has 0 saturated carbocycles. The van der Waals surface area contributed by atoms with E-state index in [9.17, 15) is 5.11 Å². The Morgan fingerprint density at radius 3 is 2.71 bits per heavy atom. The number of hydrogen-bond donors (Lipinski definition) is 1. The Hall–Kier alpha value is -0.800. The molecule has 96 valence electrons. The van der Waals surface area contributed by atoms with E-state index in [0.717, 1.165) is 30.9 Å². The van der Waals surface area contributed by atoms with Crippen molar-refractivity contribution in [1.82, 2.24) is 4.98 Å². The third-order valence-electron chi connectivity index (χ3n) is 3.03. The van der Waals surface area contributed by atoms with E-state index in [1.165, 1.54) is 0 Å². The average Bonchev–Trinajstić information content (AvgIpc) is 2.36. The Morgan fingerprint density at radius 1 is 1.47 bits per heavy atom. The molecule has 1 heterocycles. The summed E-state index contributed by atoms with van der Waals surface area (Å²) in [4.78, 5) is 6.54. The topological polar surface area (TPSA) is 36.4 Å². The number of halogens is 1. The quantitative estimate of drug-likeness (QED) is 0.850. The van der Waals surface area contributed by atoms with Crippen molar-refractivity contribution in [3.05, 3.63) is 22.8 Å². The largest absolute Gasteiger partial charge is 0.392 e. The van der Waals surface area contributed by atoms with Crippen molar-refractivity contribution < 1.29 is 5.11 Å². The van der Waals surface area contributed by atoms with E-state index in [2.05, 4.69) is 30.7 Å². The summed E-state index contributed by atoms with van der Waals surface area (Å²) in [6, 6.07) is 1.87. The molecule has 0 bridgehead atoms. The van der Waals surface area contributed by atoms with Gasteiger partial charge in [0.25, 0.3) is 0 Å². The Labute approximate surface area is 108 Å². The van der Waals surface area contributed by atoms with Gasteiger partial charge < -0.3 is 10.0 Å². The van der Waals surface area contributed by atoms with Crippen molar-refractivity contribution >= 4 is 17.4 Å². The number of aliphatic hydroxyl groups excluding tert-OH is 1. The molecule has 0 aliphatic rings. The van der Waals surface area contributed by atoms with Crippen molar-refractivity contribution in [2.75, 3.05) is 18.0 Å². The Kier molecular flexibility index (Phi) is 5.72. The Bertz CT molecular complexity index is 357. The van der Waals surface area contributed by atoms with Crippen molar-refractivity contribution in [2.24, 2.45) is 5.92 Å². The standard InChI is InChI=1S/C13H21ClN2O/c1-4-10(3)8-16(5-2)13-6-11(9-17)12(14)7-15-13/h6-7,10,17H,4-5,8-9H2,1-3H3. The van der Waals surface area contributed by atoms with E-state index in [-0.39, 0.29) is 6.61 Å². The van der Waals surface area contributed by atoms with Crippen LogP contribution in [-0.2, 0) is 6.61 Å². The first-order chi connectivity index (χ1) is 8.12. The highest BCUT2D eigenvalue weighted by Crippen LogP contribution is 2.21. The van der Waals surface area contributed by atoms with Crippen LogP contribution in [0, 0.1) is 5.92 Å². The van der Waals surface area contributed by atoms with Gasteiger partial charge in [-0.05, 0) is 18.9 Å². The lowest BCUT2D eigenvalue weighted by Gasteiger charge is -2.25. The molecule has 0 aliphatic carbocycles. The molecule has 0 radical (unpaired) electrons. The minimum absolute atomic E-state index is 0.0464. The van der Waals surface area contributed by atoms with Crippen LogP contribution < -0.4 is 4.90 Å². The monoisotopic (exact) mass is 256 g/mol. The molecule has 1 aromatic rings. The van der Waals surface area contributed by atoms with Crippen LogP contribution in [0.15, 0.2) is 12.3 Å². The van der Waals surface area contributed by atoms with Crippen LogP contribution in [0.2, 0.25) is 5.02 Å². The van der Waals surface area contributed by atoms with Crippen LogP contribution in [0.3, 0.4) is 0 Å². The number of pyridine rings is 1. The molecule has 0 aliphatic heterocycles. The fraction of sp³-hybridized carbons (Fsp3) is 0.615. The highest BCUT2D eigenvalue weighted by molar-refractivity contribution is 6.31. The molecule has 0 spiro atoms. The van der Waals surface area contributed by atoms with Crippen molar-refractivity contribution in [2.45, 2.75) is 33.8 Å². The molecule has 3 nitrogen and oxygen atoms in total. The third-order valence-corrected chi connectivity index (χ3v) is 3.37. The second-order valence-electron chi connectivity index (χ2n) is 4.34. The van der Waals surface area contributed by atoms with Gasteiger partial charge >= 0.3 is 0 Å². The van der Waals surface area contributed by atoms with Crippen LogP contribution >= 0.6 is 11.6 Å². The highest BCUT2D eigenvalue weighted by atomic mass is 35.5. The summed E-state index contributed by atoms with van der Waals surface area (Å²) in [6.07, 6.45) is 2.76. The minimum atomic E-state index is -0.0464. The predicted molar refractivity (Wildman–Crippen MR) is 72.5 cm³/mol. The molecule has 0 amide bonds. The molecule has 0 aromatic carbocycles. The summed E-state index contributed by atoms with van der Waals surface area (Å²) in [5.41, 5.74) is 0.735. The van der Waals surface area contributed by atoms with Crippen LogP contribution in [-0.4, -0.2) is 23.2 Å². The summed E-state index contributed by atoms with van der Waals surface area (Å²) >= 11 is 5.94. The molecule has 0 saturated heterocycles. The summed E-state index contributed by atoms with van der Waals surface area (Å²) in [6.45, 7) is 8.36. The van der Waals surface area contributed by atoms with E-state index < -0.39 is 0 Å². The zero-order valence-electron chi connectivity index (χ0n) is 10.8. The van der Waals surface area contributed by atoms with Crippen molar-refractivity contribution in [3.8, 4) is 0 Å². The summed E-state index contributed by atoms with van der Waals surface area (Å²) in [5.74, 6) is 1.52. The fourth-order valence-corrected chi connectivity index (χ4v) is 1.81. The number of aliphatic hydroxyl groups is 1. The Morgan fingerprint density at radius 2 is 2.18 bits per heavy atom. The number of hydrogen-bond acceptors (Lipinski definition) is 3. The van der Waals surface area contributed by atoms with Gasteiger partial charge in [0.05, 0.1) is 11.6 Å². The van der Waals surface area contributed by atoms with Gasteiger partial charge in [-0.3, -0.25) is 0 Å². The molecule has 1 rings (SSSR count). The van der Waals surface area contributed by atoms with Gasteiger partial charge in [0.1, 0.15) is 5.82 Å². The summed E-state index contributed by atoms with van der Waals surface area (Å²) in [5, 5.41) is 9.72. The van der Waals surface area contributed by atoms with Crippen LogP contribution in [0.4, 0.5) is 5.82 Å². The normalized spacial score (nSPS) is 12.5. The fourth-order valence-electron chi connectivity index (χ4n) is 1.65. The van der Waals surface area contributed by atoms with E-state index in [0.29, 0.717) is 10.9 Å². The van der Waals surface area contributed by atoms with Crippen molar-refractivity contribution in [1.29, 1.82) is 0 Å². The maximum Gasteiger partial charge on any atom is 0.128 e. The lowest BCUT2D eigenvalue weighted by atomic mass is 10.1. The second-order valence-corrected chi connectivity index (χ2v) is 4.75. The molecule has 17 heavy (non-hydrogen) atoms. The number of rotatable bonds is 6. The van der Waals surface area contributed by atoms with E-state index in [1.807, 2.05) is 6.07 Å². The van der Waals surface area contributed by atoms with Gasteiger partial charge in [0, 0.05) is 24.8 Å². The van der Waals surface area contributed by atoms with E-state index in [4.69, 9.17) is 11.6 Å². The lowest BCUT2D eigenvalue weighted by Crippen LogP contribution is -2.28. The second kappa shape index (κ2) is 6.82. The van der Waals surface area contributed by atoms with Gasteiger partial charge in [-0.15, -0.1) is 0 Å². The molecule has 1 unspecified atom stereocenters. The average molecular weight is 257 g/mol.